The highest BCUT2D eigenvalue weighted by Gasteiger charge is 2.32. The minimum Gasteiger partial charge on any atom is -0.495 e. The summed E-state index contributed by atoms with van der Waals surface area (Å²) in [6.45, 7) is 5.62. The third kappa shape index (κ3) is 5.88. The molecular formula is C29H35ClO7. The van der Waals surface area contributed by atoms with Crippen molar-refractivity contribution in [3.05, 3.63) is 45.5 Å². The van der Waals surface area contributed by atoms with Gasteiger partial charge < -0.3 is 24.1 Å². The molecule has 0 aromatic heterocycles. The summed E-state index contributed by atoms with van der Waals surface area (Å²) in [4.78, 5) is 26.3. The van der Waals surface area contributed by atoms with Gasteiger partial charge >= 0.3 is 11.9 Å². The number of hydrogen-bond acceptors (Lipinski definition) is 7. The molecule has 7 nitrogen and oxygen atoms in total. The third-order valence-corrected chi connectivity index (χ3v) is 7.55. The quantitative estimate of drug-likeness (QED) is 0.242. The van der Waals surface area contributed by atoms with Crippen molar-refractivity contribution in [2.45, 2.75) is 78.4 Å². The van der Waals surface area contributed by atoms with Gasteiger partial charge in [0.2, 0.25) is 0 Å². The van der Waals surface area contributed by atoms with Crippen LogP contribution >= 0.6 is 11.6 Å². The van der Waals surface area contributed by atoms with E-state index in [0.29, 0.717) is 28.1 Å². The first kappa shape index (κ1) is 27.3. The molecule has 8 heteroatoms. The molecule has 0 amide bonds. The van der Waals surface area contributed by atoms with Crippen LogP contribution in [0.2, 0.25) is 5.02 Å². The summed E-state index contributed by atoms with van der Waals surface area (Å²) >= 11 is 6.59. The highest BCUT2D eigenvalue weighted by Crippen LogP contribution is 2.47. The van der Waals surface area contributed by atoms with E-state index in [1.165, 1.54) is 7.11 Å². The Morgan fingerprint density at radius 3 is 2.54 bits per heavy atom. The van der Waals surface area contributed by atoms with Gasteiger partial charge in [-0.3, -0.25) is 4.79 Å². The first-order valence-electron chi connectivity index (χ1n) is 13.0. The Kier molecular flexibility index (Phi) is 8.65. The van der Waals surface area contributed by atoms with Gasteiger partial charge in [0.05, 0.1) is 29.7 Å². The molecule has 37 heavy (non-hydrogen) atoms. The Labute approximate surface area is 223 Å². The van der Waals surface area contributed by atoms with Crippen molar-refractivity contribution in [3.8, 4) is 23.0 Å². The zero-order valence-corrected chi connectivity index (χ0v) is 22.7. The minimum absolute atomic E-state index is 0.0613. The summed E-state index contributed by atoms with van der Waals surface area (Å²) in [5, 5.41) is 11.2. The normalized spacial score (nSPS) is 16.9. The fourth-order valence-corrected chi connectivity index (χ4v) is 5.26. The van der Waals surface area contributed by atoms with Gasteiger partial charge in [-0.05, 0) is 55.9 Å². The molecule has 4 rings (SSSR count). The molecule has 1 N–H and O–H groups in total. The van der Waals surface area contributed by atoms with Crippen LogP contribution in [0.15, 0.2) is 18.2 Å². The van der Waals surface area contributed by atoms with Crippen molar-refractivity contribution in [1.82, 2.24) is 0 Å². The lowest BCUT2D eigenvalue weighted by atomic mass is 9.96. The number of esters is 2. The number of carbonyl (C=O) groups is 2. The average Bonchev–Trinajstić information content (AvgIpc) is 3.14. The topological polar surface area (TPSA) is 91.3 Å². The lowest BCUT2D eigenvalue weighted by molar-refractivity contribution is -0.139. The largest absolute Gasteiger partial charge is 0.495 e. The van der Waals surface area contributed by atoms with E-state index in [0.717, 1.165) is 38.5 Å². The van der Waals surface area contributed by atoms with Crippen molar-refractivity contribution in [1.29, 1.82) is 0 Å². The fourth-order valence-electron chi connectivity index (χ4n) is 5.07. The molecule has 1 saturated carbocycles. The average molecular weight is 531 g/mol. The molecule has 2 aliphatic rings. The molecule has 0 radical (unpaired) electrons. The lowest BCUT2D eigenvalue weighted by Gasteiger charge is -2.25. The predicted octanol–water partition coefficient (Wildman–Crippen LogP) is 7.08. The van der Waals surface area contributed by atoms with Crippen LogP contribution in [-0.2, 0) is 16.1 Å². The third-order valence-electron chi connectivity index (χ3n) is 7.03. The summed E-state index contributed by atoms with van der Waals surface area (Å²) in [5.74, 6) is -0.0824. The number of ether oxygens (including phenoxy) is 4. The molecule has 1 fully saturated rings. The van der Waals surface area contributed by atoms with E-state index in [9.17, 15) is 14.7 Å². The molecule has 0 spiro atoms. The van der Waals surface area contributed by atoms with E-state index in [1.54, 1.807) is 25.1 Å². The smallest absolute Gasteiger partial charge is 0.346 e. The monoisotopic (exact) mass is 530 g/mol. The van der Waals surface area contributed by atoms with E-state index in [-0.39, 0.29) is 53.0 Å². The molecule has 0 unspecified atom stereocenters. The molecule has 0 bridgehead atoms. The van der Waals surface area contributed by atoms with Crippen LogP contribution < -0.4 is 14.2 Å². The van der Waals surface area contributed by atoms with Crippen LogP contribution in [0.25, 0.3) is 0 Å². The van der Waals surface area contributed by atoms with Gasteiger partial charge in [0.15, 0.2) is 11.5 Å². The molecule has 2 aromatic rings. The van der Waals surface area contributed by atoms with E-state index < -0.39 is 12.1 Å². The number of aliphatic hydroxyl groups excluding tert-OH is 1. The SMILES string of the molecule is COc1c([C@@H](O)CC(C)C)ccc2c1C(=O)OCc1c(Cl)c(C)cc(OC(=O)C3CCCCCC3)c1O2. The number of cyclic esters (lactones) is 1. The van der Waals surface area contributed by atoms with Crippen molar-refractivity contribution in [2.24, 2.45) is 11.8 Å². The van der Waals surface area contributed by atoms with Crippen LogP contribution in [0.4, 0.5) is 0 Å². The summed E-state index contributed by atoms with van der Waals surface area (Å²) in [6.07, 6.45) is 5.51. The number of fused-ring (bicyclic) bond motifs is 2. The van der Waals surface area contributed by atoms with E-state index in [1.807, 2.05) is 13.8 Å². The predicted molar refractivity (Wildman–Crippen MR) is 140 cm³/mol. The van der Waals surface area contributed by atoms with E-state index >= 15 is 0 Å². The molecule has 1 aliphatic carbocycles. The first-order valence-corrected chi connectivity index (χ1v) is 13.4. The number of methoxy groups -OCH3 is 1. The summed E-state index contributed by atoms with van der Waals surface area (Å²) in [7, 11) is 1.43. The second-order valence-electron chi connectivity index (χ2n) is 10.3. The van der Waals surface area contributed by atoms with Gasteiger partial charge in [0, 0.05) is 5.56 Å². The van der Waals surface area contributed by atoms with Gasteiger partial charge in [0.1, 0.15) is 23.7 Å². The molecule has 2 aromatic carbocycles. The fraction of sp³-hybridized carbons (Fsp3) is 0.517. The second-order valence-corrected chi connectivity index (χ2v) is 10.7. The Morgan fingerprint density at radius 2 is 1.89 bits per heavy atom. The maximum absolute atomic E-state index is 13.2. The van der Waals surface area contributed by atoms with Crippen LogP contribution in [0.5, 0.6) is 23.0 Å². The molecule has 1 heterocycles. The van der Waals surface area contributed by atoms with Gasteiger partial charge in [-0.15, -0.1) is 0 Å². The van der Waals surface area contributed by atoms with Crippen molar-refractivity contribution < 1.29 is 33.6 Å². The van der Waals surface area contributed by atoms with Crippen LogP contribution in [0, 0.1) is 18.8 Å². The molecule has 200 valence electrons. The number of aryl methyl sites for hydroxylation is 1. The number of aliphatic hydroxyl groups is 1. The maximum atomic E-state index is 13.2. The summed E-state index contributed by atoms with van der Waals surface area (Å²) in [6, 6.07) is 4.95. The summed E-state index contributed by atoms with van der Waals surface area (Å²) < 4.78 is 23.4. The zero-order valence-electron chi connectivity index (χ0n) is 21.9. The number of carbonyl (C=O) groups excluding carboxylic acids is 2. The van der Waals surface area contributed by atoms with Crippen molar-refractivity contribution in [3.63, 3.8) is 0 Å². The lowest BCUT2D eigenvalue weighted by Crippen LogP contribution is -2.21. The van der Waals surface area contributed by atoms with Gasteiger partial charge in [-0.2, -0.15) is 0 Å². The Morgan fingerprint density at radius 1 is 1.19 bits per heavy atom. The van der Waals surface area contributed by atoms with E-state index in [2.05, 4.69) is 0 Å². The van der Waals surface area contributed by atoms with Gasteiger partial charge in [-0.25, -0.2) is 4.79 Å². The van der Waals surface area contributed by atoms with Crippen molar-refractivity contribution >= 4 is 23.5 Å². The minimum atomic E-state index is -0.834. The Bertz CT molecular complexity index is 1170. The number of benzene rings is 2. The Hall–Kier alpha value is -2.77. The molecule has 1 aliphatic heterocycles. The van der Waals surface area contributed by atoms with Crippen molar-refractivity contribution in [2.75, 3.05) is 7.11 Å². The number of hydrogen-bond donors (Lipinski definition) is 1. The highest BCUT2D eigenvalue weighted by atomic mass is 35.5. The molecule has 0 saturated heterocycles. The van der Waals surface area contributed by atoms with Gasteiger partial charge in [0.25, 0.3) is 0 Å². The zero-order chi connectivity index (χ0) is 26.7. The standard InChI is InChI=1S/C29H35ClO7/c1-16(2)13-21(31)19-11-12-22-24(27(19)34-4)29(33)35-15-20-25(30)17(3)14-23(26(20)36-22)37-28(32)18-9-7-5-6-8-10-18/h11-12,14,16,18,21,31H,5-10,13,15H2,1-4H3/t21-/m0/s1. The highest BCUT2D eigenvalue weighted by molar-refractivity contribution is 6.32. The Balaban J connectivity index is 1.76. The summed E-state index contributed by atoms with van der Waals surface area (Å²) in [5.41, 5.74) is 1.63. The molecular weight excluding hydrogens is 496 g/mol. The second kappa shape index (κ2) is 11.7. The number of halogens is 1. The van der Waals surface area contributed by atoms with Crippen LogP contribution in [0.1, 0.15) is 91.9 Å². The van der Waals surface area contributed by atoms with E-state index in [4.69, 9.17) is 30.5 Å². The number of rotatable bonds is 6. The maximum Gasteiger partial charge on any atom is 0.346 e. The van der Waals surface area contributed by atoms with Gasteiger partial charge in [-0.1, -0.05) is 51.1 Å². The first-order chi connectivity index (χ1) is 17.7. The van der Waals surface area contributed by atoms with Crippen LogP contribution in [-0.4, -0.2) is 24.2 Å². The molecule has 1 atom stereocenters. The van der Waals surface area contributed by atoms with Crippen LogP contribution in [0.3, 0.4) is 0 Å².